The van der Waals surface area contributed by atoms with Crippen molar-refractivity contribution in [2.45, 2.75) is 11.5 Å². The minimum atomic E-state index is -1.66. The van der Waals surface area contributed by atoms with Crippen LogP contribution < -0.4 is 5.32 Å². The molecule has 2 spiro atoms. The molecule has 1 amide bonds. The van der Waals surface area contributed by atoms with Gasteiger partial charge in [-0.1, -0.05) is 72.3 Å². The molecule has 1 N–H and O–H groups in total. The number of amides is 1. The van der Waals surface area contributed by atoms with Gasteiger partial charge >= 0.3 is 0 Å². The van der Waals surface area contributed by atoms with E-state index in [1.165, 1.54) is 0 Å². The molecule has 1 saturated heterocycles. The number of rotatable bonds is 1. The predicted molar refractivity (Wildman–Crippen MR) is 121 cm³/mol. The van der Waals surface area contributed by atoms with Crippen LogP contribution in [-0.2, 0) is 10.3 Å². The second kappa shape index (κ2) is 6.37. The van der Waals surface area contributed by atoms with Crippen LogP contribution in [0.3, 0.4) is 0 Å². The number of ketones is 2. The predicted octanol–water partition coefficient (Wildman–Crippen LogP) is 4.28. The van der Waals surface area contributed by atoms with Crippen LogP contribution in [0, 0.1) is 5.41 Å². The highest BCUT2D eigenvalue weighted by Gasteiger charge is 2.78. The van der Waals surface area contributed by atoms with Gasteiger partial charge in [-0.25, -0.2) is 0 Å². The average Bonchev–Trinajstić information content (AvgIpc) is 3.34. The Hall–Kier alpha value is -3.28. The molecule has 1 unspecified atom stereocenters. The van der Waals surface area contributed by atoms with E-state index >= 15 is 0 Å². The van der Waals surface area contributed by atoms with Gasteiger partial charge in [-0.2, -0.15) is 0 Å². The van der Waals surface area contributed by atoms with E-state index in [0.29, 0.717) is 39.5 Å². The van der Waals surface area contributed by atoms with Crippen LogP contribution in [0.2, 0.25) is 5.02 Å². The number of benzene rings is 3. The van der Waals surface area contributed by atoms with Crippen LogP contribution in [-0.4, -0.2) is 36.0 Å². The van der Waals surface area contributed by atoms with Crippen LogP contribution in [0.15, 0.2) is 72.8 Å². The van der Waals surface area contributed by atoms with E-state index in [-0.39, 0.29) is 17.5 Å². The quantitative estimate of drug-likeness (QED) is 0.571. The highest BCUT2D eigenvalue weighted by molar-refractivity contribution is 6.35. The summed E-state index contributed by atoms with van der Waals surface area (Å²) < 4.78 is 0. The second-order valence-electron chi connectivity index (χ2n) is 8.68. The Morgan fingerprint density at radius 2 is 1.47 bits per heavy atom. The van der Waals surface area contributed by atoms with Crippen LogP contribution in [0.25, 0.3) is 0 Å². The number of hydrogen-bond acceptors (Lipinski definition) is 4. The molecule has 5 nitrogen and oxygen atoms in total. The van der Waals surface area contributed by atoms with Gasteiger partial charge in [0, 0.05) is 39.9 Å². The van der Waals surface area contributed by atoms with Crippen molar-refractivity contribution in [2.24, 2.45) is 5.41 Å². The topological polar surface area (TPSA) is 66.5 Å². The number of anilines is 1. The average molecular weight is 443 g/mol. The molecule has 2 atom stereocenters. The first-order valence-corrected chi connectivity index (χ1v) is 10.9. The lowest BCUT2D eigenvalue weighted by molar-refractivity contribution is -0.128. The molecule has 0 saturated carbocycles. The van der Waals surface area contributed by atoms with E-state index in [2.05, 4.69) is 5.32 Å². The van der Waals surface area contributed by atoms with E-state index in [4.69, 9.17) is 11.6 Å². The van der Waals surface area contributed by atoms with Gasteiger partial charge in [0.1, 0.15) is 11.0 Å². The molecule has 2 heterocycles. The number of fused-ring (bicyclic) bond motifs is 4. The number of halogens is 1. The number of carbonyl (C=O) groups excluding carboxylic acids is 3. The van der Waals surface area contributed by atoms with E-state index in [1.807, 2.05) is 54.4 Å². The number of likely N-dealkylation sites (N-methyl/N-ethyl adjacent to an activating group) is 1. The highest BCUT2D eigenvalue weighted by atomic mass is 35.5. The first-order chi connectivity index (χ1) is 15.5. The van der Waals surface area contributed by atoms with Gasteiger partial charge in [-0.3, -0.25) is 19.3 Å². The largest absolute Gasteiger partial charge is 0.324 e. The second-order valence-corrected chi connectivity index (χ2v) is 9.08. The molecule has 32 heavy (non-hydrogen) atoms. The van der Waals surface area contributed by atoms with Gasteiger partial charge in [-0.05, 0) is 24.7 Å². The molecule has 3 aliphatic rings. The molecular formula is C26H19ClN2O3. The number of para-hydroxylation sites is 1. The summed E-state index contributed by atoms with van der Waals surface area (Å²) in [5.41, 5.74) is -0.433. The number of Topliss-reactive ketones (excluding diaryl/α,β-unsaturated/α-hetero) is 2. The molecule has 0 radical (unpaired) electrons. The van der Waals surface area contributed by atoms with E-state index in [0.717, 1.165) is 0 Å². The van der Waals surface area contributed by atoms with Gasteiger partial charge in [0.25, 0.3) is 5.91 Å². The molecule has 6 rings (SSSR count). The summed E-state index contributed by atoms with van der Waals surface area (Å²) in [4.78, 5) is 44.3. The van der Waals surface area contributed by atoms with Crippen molar-refractivity contribution in [2.75, 3.05) is 18.9 Å². The number of carbonyl (C=O) groups is 3. The van der Waals surface area contributed by atoms with Crippen molar-refractivity contribution in [1.29, 1.82) is 0 Å². The monoisotopic (exact) mass is 442 g/mol. The van der Waals surface area contributed by atoms with E-state index in [9.17, 15) is 14.4 Å². The van der Waals surface area contributed by atoms with Crippen molar-refractivity contribution >= 4 is 34.8 Å². The van der Waals surface area contributed by atoms with Gasteiger partial charge in [-0.15, -0.1) is 0 Å². The molecule has 0 aromatic heterocycles. The van der Waals surface area contributed by atoms with Crippen LogP contribution in [0.1, 0.15) is 37.8 Å². The van der Waals surface area contributed by atoms with Crippen LogP contribution in [0.5, 0.6) is 0 Å². The first-order valence-electron chi connectivity index (χ1n) is 10.5. The van der Waals surface area contributed by atoms with Crippen molar-refractivity contribution in [3.8, 4) is 0 Å². The summed E-state index contributed by atoms with van der Waals surface area (Å²) in [6, 6.07) is 21.4. The smallest absolute Gasteiger partial charge is 0.251 e. The van der Waals surface area contributed by atoms with Crippen molar-refractivity contribution in [3.05, 3.63) is 100 Å². The first kappa shape index (κ1) is 19.4. The Kier molecular flexibility index (Phi) is 3.87. The maximum atomic E-state index is 14.3. The summed E-state index contributed by atoms with van der Waals surface area (Å²) in [5.74, 6) is -1.59. The fraction of sp³-hybridized carbons (Fsp3) is 0.192. The maximum absolute atomic E-state index is 14.3. The molecule has 1 fully saturated rings. The Morgan fingerprint density at radius 3 is 2.16 bits per heavy atom. The summed E-state index contributed by atoms with van der Waals surface area (Å²) in [5, 5.41) is 3.43. The summed E-state index contributed by atoms with van der Waals surface area (Å²) in [7, 11) is 1.81. The van der Waals surface area contributed by atoms with Crippen LogP contribution in [0.4, 0.5) is 5.69 Å². The normalized spacial score (nSPS) is 25.4. The number of hydrogen-bond donors (Lipinski definition) is 1. The fourth-order valence-corrected chi connectivity index (χ4v) is 6.52. The standard InChI is InChI=1S/C26H19ClN2O3/c1-29-14-19(17-10-4-6-12-20(17)27)25(22(30)15-8-2-3-9-16(15)23(25)31)26(29)18-11-5-7-13-21(18)28-24(26)32/h2-13,19H,14H2,1H3,(H,28,32)/t19-,26?/m0/s1. The number of nitrogens with one attached hydrogen (secondary N) is 1. The Bertz CT molecular complexity index is 1320. The zero-order valence-corrected chi connectivity index (χ0v) is 18.0. The molecule has 3 aromatic carbocycles. The summed E-state index contributed by atoms with van der Waals surface area (Å²) in [6.07, 6.45) is 0. The van der Waals surface area contributed by atoms with Crippen molar-refractivity contribution < 1.29 is 14.4 Å². The minimum absolute atomic E-state index is 0.320. The number of likely N-dealkylation sites (tertiary alicyclic amines) is 1. The van der Waals surface area contributed by atoms with Crippen LogP contribution >= 0.6 is 11.6 Å². The molecule has 2 aliphatic heterocycles. The Morgan fingerprint density at radius 1 is 0.875 bits per heavy atom. The summed E-state index contributed by atoms with van der Waals surface area (Å²) >= 11 is 6.61. The third kappa shape index (κ3) is 1.97. The molecule has 6 heteroatoms. The molecule has 0 bridgehead atoms. The lowest BCUT2D eigenvalue weighted by Crippen LogP contribution is -2.60. The third-order valence-electron chi connectivity index (χ3n) is 7.43. The Balaban J connectivity index is 1.75. The lowest BCUT2D eigenvalue weighted by atomic mass is 9.58. The highest BCUT2D eigenvalue weighted by Crippen LogP contribution is 2.66. The summed E-state index contributed by atoms with van der Waals surface area (Å²) in [6.45, 7) is 0.330. The fourth-order valence-electron chi connectivity index (χ4n) is 6.26. The van der Waals surface area contributed by atoms with E-state index < -0.39 is 16.9 Å². The maximum Gasteiger partial charge on any atom is 0.251 e. The molecular weight excluding hydrogens is 424 g/mol. The van der Waals surface area contributed by atoms with Crippen molar-refractivity contribution in [1.82, 2.24) is 4.90 Å². The van der Waals surface area contributed by atoms with Crippen molar-refractivity contribution in [3.63, 3.8) is 0 Å². The van der Waals surface area contributed by atoms with Gasteiger partial charge < -0.3 is 5.32 Å². The molecule has 1 aliphatic carbocycles. The lowest BCUT2D eigenvalue weighted by Gasteiger charge is -2.42. The van der Waals surface area contributed by atoms with Gasteiger partial charge in [0.2, 0.25) is 0 Å². The molecule has 158 valence electrons. The SMILES string of the molecule is CN1C[C@@H](c2ccccc2Cl)C2(C(=O)c3ccccc3C2=O)C12C(=O)Nc1ccccc12. The Labute approximate surface area is 190 Å². The number of nitrogens with zero attached hydrogens (tertiary/aromatic N) is 1. The van der Waals surface area contributed by atoms with Gasteiger partial charge in [0.15, 0.2) is 11.6 Å². The van der Waals surface area contributed by atoms with E-state index in [1.54, 1.807) is 30.3 Å². The van der Waals surface area contributed by atoms with Gasteiger partial charge in [0.05, 0.1) is 0 Å². The zero-order valence-electron chi connectivity index (χ0n) is 17.3. The zero-order chi connectivity index (χ0) is 22.3. The third-order valence-corrected chi connectivity index (χ3v) is 7.77. The minimum Gasteiger partial charge on any atom is -0.324 e. The molecule has 3 aromatic rings.